The van der Waals surface area contributed by atoms with Gasteiger partial charge in [-0.3, -0.25) is 14.7 Å². The van der Waals surface area contributed by atoms with Crippen LogP contribution in [0.4, 0.5) is 5.82 Å². The van der Waals surface area contributed by atoms with Gasteiger partial charge in [-0.15, -0.1) is 0 Å². The lowest BCUT2D eigenvalue weighted by Gasteiger charge is -2.13. The molecule has 0 fully saturated rings. The Labute approximate surface area is 176 Å². The number of ether oxygens (including phenoxy) is 1. The number of esters is 1. The molecule has 4 aromatic rings. The van der Waals surface area contributed by atoms with Crippen molar-refractivity contribution in [1.82, 2.24) is 19.7 Å². The normalized spacial score (nSPS) is 11.6. The lowest BCUT2D eigenvalue weighted by Crippen LogP contribution is -2.30. The minimum atomic E-state index is -1.07. The van der Waals surface area contributed by atoms with Crippen molar-refractivity contribution in [3.8, 4) is 17.1 Å². The van der Waals surface area contributed by atoms with E-state index in [9.17, 15) is 14.4 Å². The number of carbonyl (C=O) groups is 2. The van der Waals surface area contributed by atoms with Gasteiger partial charge in [0.2, 0.25) is 0 Å². The molecule has 0 saturated carbocycles. The lowest BCUT2D eigenvalue weighted by molar-refractivity contribution is -0.123. The zero-order valence-electron chi connectivity index (χ0n) is 16.5. The second-order valence-electron chi connectivity index (χ2n) is 6.73. The Balaban J connectivity index is 1.38. The number of nitrogens with zero attached hydrogens (tertiary/aromatic N) is 2. The second-order valence-corrected chi connectivity index (χ2v) is 6.73. The van der Waals surface area contributed by atoms with Crippen molar-refractivity contribution in [3.63, 3.8) is 0 Å². The van der Waals surface area contributed by atoms with Crippen LogP contribution < -0.4 is 10.9 Å². The third-order valence-electron chi connectivity index (χ3n) is 4.54. The number of aromatic nitrogens is 4. The van der Waals surface area contributed by atoms with Crippen molar-refractivity contribution in [3.05, 3.63) is 89.0 Å². The van der Waals surface area contributed by atoms with Crippen molar-refractivity contribution in [2.24, 2.45) is 0 Å². The summed E-state index contributed by atoms with van der Waals surface area (Å²) in [4.78, 5) is 44.1. The van der Waals surface area contributed by atoms with Crippen LogP contribution in [0.5, 0.6) is 0 Å². The van der Waals surface area contributed by atoms with Gasteiger partial charge in [0.1, 0.15) is 11.6 Å². The molecule has 1 unspecified atom stereocenters. The van der Waals surface area contributed by atoms with Crippen molar-refractivity contribution in [1.29, 1.82) is 0 Å². The van der Waals surface area contributed by atoms with E-state index in [2.05, 4.69) is 20.4 Å². The first-order chi connectivity index (χ1) is 15.0. The van der Waals surface area contributed by atoms with Gasteiger partial charge >= 0.3 is 5.97 Å². The number of benzene rings is 2. The Bertz CT molecular complexity index is 1240. The van der Waals surface area contributed by atoms with Crippen molar-refractivity contribution in [2.75, 3.05) is 5.32 Å². The Kier molecular flexibility index (Phi) is 5.48. The van der Waals surface area contributed by atoms with Gasteiger partial charge in [-0.2, -0.15) is 0 Å². The molecule has 4 rings (SSSR count). The molecular formula is C22H19N5O4. The Morgan fingerprint density at radius 1 is 1.10 bits per heavy atom. The number of hydrogen-bond acceptors (Lipinski definition) is 5. The molecule has 31 heavy (non-hydrogen) atoms. The van der Waals surface area contributed by atoms with Crippen LogP contribution in [0.1, 0.15) is 17.3 Å². The van der Waals surface area contributed by atoms with Gasteiger partial charge in [0.05, 0.1) is 11.3 Å². The fourth-order valence-electron chi connectivity index (χ4n) is 2.93. The molecule has 0 bridgehead atoms. The number of hydrogen-bond donors (Lipinski definition) is 3. The predicted molar refractivity (Wildman–Crippen MR) is 114 cm³/mol. The Morgan fingerprint density at radius 2 is 1.84 bits per heavy atom. The van der Waals surface area contributed by atoms with Crippen molar-refractivity contribution in [2.45, 2.75) is 13.0 Å². The summed E-state index contributed by atoms with van der Waals surface area (Å²) in [5.41, 5.74) is 1.42. The van der Waals surface area contributed by atoms with Gasteiger partial charge in [-0.1, -0.05) is 30.3 Å². The van der Waals surface area contributed by atoms with E-state index in [0.717, 1.165) is 5.56 Å². The maximum atomic E-state index is 12.4. The van der Waals surface area contributed by atoms with Gasteiger partial charge in [0.25, 0.3) is 11.5 Å². The van der Waals surface area contributed by atoms with E-state index >= 15 is 0 Å². The molecule has 3 N–H and O–H groups in total. The maximum absolute atomic E-state index is 12.4. The number of imidazole rings is 1. The lowest BCUT2D eigenvalue weighted by atomic mass is 10.1. The highest BCUT2D eigenvalue weighted by Crippen LogP contribution is 2.16. The van der Waals surface area contributed by atoms with Gasteiger partial charge in [0.15, 0.2) is 6.10 Å². The first-order valence-electron chi connectivity index (χ1n) is 9.50. The number of H-pyrrole nitrogens is 2. The van der Waals surface area contributed by atoms with E-state index in [4.69, 9.17) is 4.74 Å². The van der Waals surface area contributed by atoms with Crippen molar-refractivity contribution < 1.29 is 14.3 Å². The topological polar surface area (TPSA) is 122 Å². The monoisotopic (exact) mass is 417 g/mol. The van der Waals surface area contributed by atoms with Crippen LogP contribution in [-0.2, 0) is 9.53 Å². The molecule has 0 aliphatic rings. The van der Waals surface area contributed by atoms with Crippen LogP contribution in [0.2, 0.25) is 0 Å². The summed E-state index contributed by atoms with van der Waals surface area (Å²) in [5, 5.41) is 5.36. The van der Waals surface area contributed by atoms with Gasteiger partial charge < -0.3 is 15.0 Å². The summed E-state index contributed by atoms with van der Waals surface area (Å²) in [7, 11) is 0. The molecule has 156 valence electrons. The SMILES string of the molecule is CC(OC(=O)c1ccc(-c2ncc[nH]2)cc1)C(=O)Nc1cc(=O)n(-c2ccccc2)[nH]1. The first kappa shape index (κ1) is 19.9. The van der Waals surface area contributed by atoms with Crippen LogP contribution in [0.25, 0.3) is 17.1 Å². The molecule has 2 heterocycles. The fourth-order valence-corrected chi connectivity index (χ4v) is 2.93. The first-order valence-corrected chi connectivity index (χ1v) is 9.50. The fraction of sp³-hybridized carbons (Fsp3) is 0.0909. The molecule has 1 amide bonds. The van der Waals surface area contributed by atoms with Crippen LogP contribution >= 0.6 is 0 Å². The third kappa shape index (κ3) is 4.45. The molecule has 2 aromatic carbocycles. The molecular weight excluding hydrogens is 398 g/mol. The summed E-state index contributed by atoms with van der Waals surface area (Å²) in [5.74, 6) is -0.320. The highest BCUT2D eigenvalue weighted by atomic mass is 16.5. The molecule has 9 nitrogen and oxygen atoms in total. The minimum absolute atomic E-state index is 0.199. The number of para-hydroxylation sites is 1. The number of aromatic amines is 2. The molecule has 0 aliphatic carbocycles. The Morgan fingerprint density at radius 3 is 2.52 bits per heavy atom. The summed E-state index contributed by atoms with van der Waals surface area (Å²) in [6.07, 6.45) is 2.28. The zero-order chi connectivity index (χ0) is 21.8. The standard InChI is InChI=1S/C22H19N5O4/c1-14(31-22(30)16-9-7-15(8-10-16)20-23-11-12-24-20)21(29)25-18-13-19(28)27(26-18)17-5-3-2-4-6-17/h2-14,26H,1H3,(H,23,24)(H,25,29). The van der Waals surface area contributed by atoms with E-state index in [1.165, 1.54) is 17.7 Å². The highest BCUT2D eigenvalue weighted by Gasteiger charge is 2.20. The largest absolute Gasteiger partial charge is 0.449 e. The van der Waals surface area contributed by atoms with E-state index in [1.54, 1.807) is 60.9 Å². The zero-order valence-corrected chi connectivity index (χ0v) is 16.5. The molecule has 0 radical (unpaired) electrons. The number of carbonyl (C=O) groups excluding carboxylic acids is 2. The van der Waals surface area contributed by atoms with Crippen LogP contribution in [0.3, 0.4) is 0 Å². The summed E-state index contributed by atoms with van der Waals surface area (Å²) in [6, 6.07) is 16.9. The number of amides is 1. The predicted octanol–water partition coefficient (Wildman–Crippen LogP) is 2.74. The highest BCUT2D eigenvalue weighted by molar-refractivity contribution is 5.97. The maximum Gasteiger partial charge on any atom is 0.338 e. The van der Waals surface area contributed by atoms with E-state index in [-0.39, 0.29) is 11.4 Å². The van der Waals surface area contributed by atoms with Crippen LogP contribution in [-0.4, -0.2) is 37.7 Å². The van der Waals surface area contributed by atoms with Gasteiger partial charge in [-0.25, -0.2) is 14.5 Å². The van der Waals surface area contributed by atoms with Crippen LogP contribution in [0.15, 0.2) is 77.9 Å². The molecule has 0 aliphatic heterocycles. The molecule has 0 spiro atoms. The second kappa shape index (κ2) is 8.54. The quantitative estimate of drug-likeness (QED) is 0.417. The molecule has 2 aromatic heterocycles. The molecule has 1 atom stereocenters. The van der Waals surface area contributed by atoms with Crippen molar-refractivity contribution >= 4 is 17.7 Å². The number of rotatable bonds is 6. The number of anilines is 1. The van der Waals surface area contributed by atoms with Crippen LogP contribution in [0, 0.1) is 0 Å². The van der Waals surface area contributed by atoms with E-state index in [0.29, 0.717) is 17.1 Å². The van der Waals surface area contributed by atoms with Gasteiger partial charge in [-0.05, 0) is 31.2 Å². The average molecular weight is 417 g/mol. The summed E-state index contributed by atoms with van der Waals surface area (Å²) < 4.78 is 6.55. The smallest absolute Gasteiger partial charge is 0.338 e. The molecule has 9 heteroatoms. The molecule has 0 saturated heterocycles. The van der Waals surface area contributed by atoms with E-state index in [1.807, 2.05) is 6.07 Å². The Hall–Kier alpha value is -4.40. The summed E-state index contributed by atoms with van der Waals surface area (Å²) in [6.45, 7) is 1.46. The number of nitrogens with one attached hydrogen (secondary N) is 3. The summed E-state index contributed by atoms with van der Waals surface area (Å²) >= 11 is 0. The van der Waals surface area contributed by atoms with Gasteiger partial charge in [0, 0.05) is 24.0 Å². The van der Waals surface area contributed by atoms with E-state index < -0.39 is 18.0 Å². The third-order valence-corrected chi connectivity index (χ3v) is 4.54. The minimum Gasteiger partial charge on any atom is -0.449 e. The average Bonchev–Trinajstić information content (AvgIpc) is 3.44.